The average Bonchev–Trinajstić information content (AvgIpc) is 2.93. The standard InChI is InChI=1S/C20H21NO4S/c1-26(25)13-14-5-4-8-17(9-14)21-18(22)12-20(19(23)24)10-15-6-2-3-7-16(15)11-20/h2-9H,10-13H2,1H3,(H,21,22)(H,23,24)/t26-/m1/s1. The molecule has 0 bridgehead atoms. The lowest BCUT2D eigenvalue weighted by molar-refractivity contribution is -0.150. The minimum Gasteiger partial charge on any atom is -0.481 e. The summed E-state index contributed by atoms with van der Waals surface area (Å²) in [6, 6.07) is 14.8. The maximum absolute atomic E-state index is 12.5. The van der Waals surface area contributed by atoms with Crippen LogP contribution in [0.4, 0.5) is 5.69 Å². The molecule has 0 heterocycles. The van der Waals surface area contributed by atoms with Crippen LogP contribution in [0.2, 0.25) is 0 Å². The molecule has 26 heavy (non-hydrogen) atoms. The van der Waals surface area contributed by atoms with Crippen molar-refractivity contribution in [3.8, 4) is 0 Å². The summed E-state index contributed by atoms with van der Waals surface area (Å²) in [5, 5.41) is 12.6. The van der Waals surface area contributed by atoms with E-state index in [4.69, 9.17) is 0 Å². The van der Waals surface area contributed by atoms with Gasteiger partial charge in [-0.3, -0.25) is 13.8 Å². The van der Waals surface area contributed by atoms with Crippen molar-refractivity contribution in [1.29, 1.82) is 0 Å². The zero-order valence-electron chi connectivity index (χ0n) is 14.5. The number of hydrogen-bond acceptors (Lipinski definition) is 3. The summed E-state index contributed by atoms with van der Waals surface area (Å²) in [4.78, 5) is 24.5. The summed E-state index contributed by atoms with van der Waals surface area (Å²) in [7, 11) is -0.967. The highest BCUT2D eigenvalue weighted by Crippen LogP contribution is 2.40. The van der Waals surface area contributed by atoms with Crippen LogP contribution < -0.4 is 5.32 Å². The van der Waals surface area contributed by atoms with Gasteiger partial charge in [-0.25, -0.2) is 0 Å². The Morgan fingerprint density at radius 3 is 2.35 bits per heavy atom. The zero-order chi connectivity index (χ0) is 18.7. The average molecular weight is 371 g/mol. The van der Waals surface area contributed by atoms with E-state index in [-0.39, 0.29) is 12.3 Å². The van der Waals surface area contributed by atoms with Gasteiger partial charge in [0.15, 0.2) is 0 Å². The Labute approximate surface area is 154 Å². The maximum atomic E-state index is 12.5. The molecule has 136 valence electrons. The Morgan fingerprint density at radius 1 is 1.12 bits per heavy atom. The van der Waals surface area contributed by atoms with E-state index in [1.165, 1.54) is 0 Å². The second-order valence-electron chi connectivity index (χ2n) is 6.85. The predicted molar refractivity (Wildman–Crippen MR) is 101 cm³/mol. The summed E-state index contributed by atoms with van der Waals surface area (Å²) in [5.41, 5.74) is 2.35. The van der Waals surface area contributed by atoms with E-state index in [1.54, 1.807) is 24.5 Å². The molecule has 0 radical (unpaired) electrons. The molecule has 1 atom stereocenters. The minimum absolute atomic E-state index is 0.0824. The van der Waals surface area contributed by atoms with Crippen molar-refractivity contribution in [3.05, 3.63) is 65.2 Å². The number of benzene rings is 2. The molecular formula is C20H21NO4S. The van der Waals surface area contributed by atoms with Gasteiger partial charge in [0.05, 0.1) is 5.41 Å². The quantitative estimate of drug-likeness (QED) is 0.818. The van der Waals surface area contributed by atoms with E-state index < -0.39 is 22.2 Å². The summed E-state index contributed by atoms with van der Waals surface area (Å²) in [6.45, 7) is 0. The fourth-order valence-corrected chi connectivity index (χ4v) is 4.18. The van der Waals surface area contributed by atoms with Gasteiger partial charge in [0.25, 0.3) is 0 Å². The summed E-state index contributed by atoms with van der Waals surface area (Å²) >= 11 is 0. The second kappa shape index (κ2) is 7.41. The van der Waals surface area contributed by atoms with Crippen LogP contribution in [0.5, 0.6) is 0 Å². The number of amides is 1. The van der Waals surface area contributed by atoms with Crippen molar-refractivity contribution in [2.45, 2.75) is 25.0 Å². The van der Waals surface area contributed by atoms with Crippen molar-refractivity contribution in [3.63, 3.8) is 0 Å². The van der Waals surface area contributed by atoms with Crippen molar-refractivity contribution >= 4 is 28.4 Å². The normalized spacial score (nSPS) is 15.9. The van der Waals surface area contributed by atoms with E-state index in [0.29, 0.717) is 24.3 Å². The van der Waals surface area contributed by atoms with Crippen LogP contribution in [0, 0.1) is 5.41 Å². The van der Waals surface area contributed by atoms with E-state index in [0.717, 1.165) is 16.7 Å². The van der Waals surface area contributed by atoms with Crippen LogP contribution in [0.1, 0.15) is 23.1 Å². The number of fused-ring (bicyclic) bond motifs is 1. The maximum Gasteiger partial charge on any atom is 0.310 e. The van der Waals surface area contributed by atoms with Gasteiger partial charge in [0.1, 0.15) is 0 Å². The molecule has 0 unspecified atom stereocenters. The molecule has 1 aliphatic rings. The van der Waals surface area contributed by atoms with Gasteiger partial charge in [0.2, 0.25) is 5.91 Å². The van der Waals surface area contributed by atoms with Gasteiger partial charge in [-0.15, -0.1) is 0 Å². The van der Waals surface area contributed by atoms with Crippen LogP contribution in [-0.2, 0) is 39.0 Å². The Morgan fingerprint density at radius 2 is 1.77 bits per heavy atom. The number of hydrogen-bond donors (Lipinski definition) is 2. The number of aliphatic carboxylic acids is 1. The number of rotatable bonds is 6. The molecule has 6 heteroatoms. The highest BCUT2D eigenvalue weighted by atomic mass is 32.2. The molecule has 5 nitrogen and oxygen atoms in total. The number of anilines is 1. The first kappa shape index (κ1) is 18.3. The molecule has 2 aromatic rings. The highest BCUT2D eigenvalue weighted by molar-refractivity contribution is 7.83. The Hall–Kier alpha value is -2.47. The third kappa shape index (κ3) is 4.02. The molecule has 2 aromatic carbocycles. The Balaban J connectivity index is 1.73. The van der Waals surface area contributed by atoms with E-state index >= 15 is 0 Å². The molecule has 0 fully saturated rings. The van der Waals surface area contributed by atoms with Gasteiger partial charge in [-0.05, 0) is 41.7 Å². The first-order valence-electron chi connectivity index (χ1n) is 8.37. The van der Waals surface area contributed by atoms with Crippen molar-refractivity contribution in [2.75, 3.05) is 11.6 Å². The largest absolute Gasteiger partial charge is 0.481 e. The molecule has 0 spiro atoms. The predicted octanol–water partition coefficient (Wildman–Crippen LogP) is 2.76. The van der Waals surface area contributed by atoms with E-state index in [1.807, 2.05) is 30.3 Å². The fourth-order valence-electron chi connectivity index (χ4n) is 3.53. The summed E-state index contributed by atoms with van der Waals surface area (Å²) < 4.78 is 11.4. The molecule has 0 aromatic heterocycles. The summed E-state index contributed by atoms with van der Waals surface area (Å²) in [5.74, 6) is -0.855. The molecular weight excluding hydrogens is 350 g/mol. The number of carbonyl (C=O) groups excluding carboxylic acids is 1. The first-order valence-corrected chi connectivity index (χ1v) is 10.1. The van der Waals surface area contributed by atoms with Crippen LogP contribution in [0.3, 0.4) is 0 Å². The molecule has 0 saturated heterocycles. The van der Waals surface area contributed by atoms with Crippen molar-refractivity contribution in [2.24, 2.45) is 5.41 Å². The van der Waals surface area contributed by atoms with E-state index in [2.05, 4.69) is 5.32 Å². The SMILES string of the molecule is C[S@@](=O)Cc1cccc(NC(=O)CC2(C(=O)O)Cc3ccccc3C2)c1. The van der Waals surface area contributed by atoms with Gasteiger partial charge in [0, 0.05) is 34.9 Å². The molecule has 1 aliphatic carbocycles. The second-order valence-corrected chi connectivity index (χ2v) is 8.29. The number of carbonyl (C=O) groups is 2. The minimum atomic E-state index is -1.10. The Bertz CT molecular complexity index is 853. The topological polar surface area (TPSA) is 83.5 Å². The smallest absolute Gasteiger partial charge is 0.310 e. The van der Waals surface area contributed by atoms with Crippen LogP contribution >= 0.6 is 0 Å². The lowest BCUT2D eigenvalue weighted by atomic mass is 9.81. The van der Waals surface area contributed by atoms with Gasteiger partial charge < -0.3 is 10.4 Å². The molecule has 0 aliphatic heterocycles. The molecule has 1 amide bonds. The highest BCUT2D eigenvalue weighted by Gasteiger charge is 2.45. The van der Waals surface area contributed by atoms with Gasteiger partial charge in [-0.1, -0.05) is 36.4 Å². The zero-order valence-corrected chi connectivity index (χ0v) is 15.3. The monoisotopic (exact) mass is 371 g/mol. The fraction of sp³-hybridized carbons (Fsp3) is 0.300. The van der Waals surface area contributed by atoms with Crippen molar-refractivity contribution < 1.29 is 18.9 Å². The van der Waals surface area contributed by atoms with Crippen LogP contribution in [0.25, 0.3) is 0 Å². The van der Waals surface area contributed by atoms with Crippen LogP contribution in [0.15, 0.2) is 48.5 Å². The lowest BCUT2D eigenvalue weighted by Crippen LogP contribution is -2.36. The van der Waals surface area contributed by atoms with Crippen LogP contribution in [-0.4, -0.2) is 27.4 Å². The van der Waals surface area contributed by atoms with E-state index in [9.17, 15) is 18.9 Å². The number of carboxylic acids is 1. The van der Waals surface area contributed by atoms with Gasteiger partial charge >= 0.3 is 5.97 Å². The first-order chi connectivity index (χ1) is 12.4. The summed E-state index contributed by atoms with van der Waals surface area (Å²) in [6.07, 6.45) is 2.27. The van der Waals surface area contributed by atoms with Crippen molar-refractivity contribution in [1.82, 2.24) is 0 Å². The molecule has 3 rings (SSSR count). The lowest BCUT2D eigenvalue weighted by Gasteiger charge is -2.23. The molecule has 2 N–H and O–H groups in total. The van der Waals surface area contributed by atoms with Gasteiger partial charge in [-0.2, -0.15) is 0 Å². The Kier molecular flexibility index (Phi) is 5.23. The number of carboxylic acid groups (broad SMARTS) is 1. The number of nitrogens with one attached hydrogen (secondary N) is 1. The third-order valence-electron chi connectivity index (χ3n) is 4.71. The molecule has 0 saturated carbocycles. The third-order valence-corrected chi connectivity index (χ3v) is 5.45.